The number of carbonyl (C=O) groups excluding carboxylic acids is 1. The van der Waals surface area contributed by atoms with E-state index in [0.29, 0.717) is 0 Å². The number of sulfone groups is 1. The summed E-state index contributed by atoms with van der Waals surface area (Å²) in [4.78, 5) is 10.5. The Balaban J connectivity index is 4.31. The minimum atomic E-state index is -3.37. The highest BCUT2D eigenvalue weighted by Gasteiger charge is 2.31. The molecule has 0 rings (SSSR count). The summed E-state index contributed by atoms with van der Waals surface area (Å²) in [6.07, 6.45) is 0. The molecule has 0 radical (unpaired) electrons. The highest BCUT2D eigenvalue weighted by Crippen LogP contribution is 2.21. The fourth-order valence-corrected chi connectivity index (χ4v) is 2.92. The summed E-state index contributed by atoms with van der Waals surface area (Å²) in [6.45, 7) is 4.25. The van der Waals surface area contributed by atoms with E-state index in [-0.39, 0.29) is 18.1 Å². The third-order valence-electron chi connectivity index (χ3n) is 1.73. The van der Waals surface area contributed by atoms with Gasteiger partial charge < -0.3 is 4.74 Å². The lowest BCUT2D eigenvalue weighted by Crippen LogP contribution is -2.40. The number of ether oxygens (including phenoxy) is 1. The number of nitrogens with zero attached hydrogens (tertiary/aromatic N) is 1. The molecule has 0 spiro atoms. The fourth-order valence-electron chi connectivity index (χ4n) is 0.972. The zero-order valence-electron chi connectivity index (χ0n) is 9.37. The molecule has 0 fully saturated rings. The standard InChI is InChI=1S/C8H15Cl2NO4S/c1-7(12)15-4-5-16(13,14)6-8(2,3)11(9)10/h4-6H2,1-3H3. The minimum Gasteiger partial charge on any atom is -0.465 e. The van der Waals surface area contributed by atoms with Crippen LogP contribution in [0.25, 0.3) is 0 Å². The summed E-state index contributed by atoms with van der Waals surface area (Å²) in [5.41, 5.74) is -0.891. The summed E-state index contributed by atoms with van der Waals surface area (Å²) in [7, 11) is -3.37. The molecule has 0 aliphatic carbocycles. The van der Waals surface area contributed by atoms with Crippen molar-refractivity contribution in [1.29, 1.82) is 0 Å². The highest BCUT2D eigenvalue weighted by atomic mass is 35.5. The number of esters is 1. The lowest BCUT2D eigenvalue weighted by atomic mass is 10.1. The van der Waals surface area contributed by atoms with E-state index in [4.69, 9.17) is 23.6 Å². The van der Waals surface area contributed by atoms with Crippen molar-refractivity contribution in [3.63, 3.8) is 0 Å². The van der Waals surface area contributed by atoms with Crippen molar-refractivity contribution < 1.29 is 17.9 Å². The molecule has 0 aliphatic heterocycles. The van der Waals surface area contributed by atoms with E-state index in [1.54, 1.807) is 13.8 Å². The first-order valence-corrected chi connectivity index (χ1v) is 7.02. The van der Waals surface area contributed by atoms with Crippen molar-refractivity contribution in [3.05, 3.63) is 0 Å². The smallest absolute Gasteiger partial charge is 0.302 e. The maximum Gasteiger partial charge on any atom is 0.302 e. The van der Waals surface area contributed by atoms with Gasteiger partial charge in [-0.25, -0.2) is 8.42 Å². The second-order valence-corrected chi connectivity index (χ2v) is 7.01. The van der Waals surface area contributed by atoms with Crippen LogP contribution in [0.2, 0.25) is 0 Å². The van der Waals surface area contributed by atoms with Crippen LogP contribution in [-0.2, 0) is 19.4 Å². The van der Waals surface area contributed by atoms with E-state index in [1.807, 2.05) is 0 Å². The minimum absolute atomic E-state index is 0.154. The molecule has 0 N–H and O–H groups in total. The van der Waals surface area contributed by atoms with Gasteiger partial charge in [0.2, 0.25) is 0 Å². The van der Waals surface area contributed by atoms with Gasteiger partial charge in [0.05, 0.1) is 17.0 Å². The Morgan fingerprint density at radius 1 is 1.38 bits per heavy atom. The molecule has 0 unspecified atom stereocenters. The van der Waals surface area contributed by atoms with Crippen molar-refractivity contribution in [2.45, 2.75) is 26.3 Å². The van der Waals surface area contributed by atoms with E-state index < -0.39 is 21.3 Å². The fraction of sp³-hybridized carbons (Fsp3) is 0.875. The summed E-state index contributed by atoms with van der Waals surface area (Å²) in [5.74, 6) is -0.961. The molecule has 0 aromatic rings. The Kier molecular flexibility index (Phi) is 6.03. The van der Waals surface area contributed by atoms with Crippen LogP contribution in [-0.4, -0.2) is 42.0 Å². The number of halogens is 2. The van der Waals surface area contributed by atoms with E-state index in [2.05, 4.69) is 4.74 Å². The second kappa shape index (κ2) is 6.05. The molecular formula is C8H15Cl2NO4S. The van der Waals surface area contributed by atoms with Gasteiger partial charge in [0, 0.05) is 6.92 Å². The van der Waals surface area contributed by atoms with Crippen molar-refractivity contribution in [2.24, 2.45) is 0 Å². The molecule has 96 valence electrons. The Bertz CT molecular complexity index is 340. The summed E-state index contributed by atoms with van der Waals surface area (Å²) in [5, 5.41) is 0. The SMILES string of the molecule is CC(=O)OCCS(=O)(=O)CC(C)(C)N(Cl)Cl. The lowest BCUT2D eigenvalue weighted by Gasteiger charge is -2.26. The summed E-state index contributed by atoms with van der Waals surface area (Å²) >= 11 is 11.0. The molecule has 5 nitrogen and oxygen atoms in total. The molecular weight excluding hydrogens is 277 g/mol. The van der Waals surface area contributed by atoms with Crippen LogP contribution in [0.1, 0.15) is 20.8 Å². The van der Waals surface area contributed by atoms with Crippen molar-refractivity contribution in [1.82, 2.24) is 3.94 Å². The van der Waals surface area contributed by atoms with Gasteiger partial charge in [-0.05, 0) is 37.4 Å². The predicted molar refractivity (Wildman–Crippen MR) is 62.9 cm³/mol. The van der Waals surface area contributed by atoms with Gasteiger partial charge >= 0.3 is 5.97 Å². The predicted octanol–water partition coefficient (Wildman–Crippen LogP) is 1.35. The molecule has 0 saturated heterocycles. The zero-order valence-corrected chi connectivity index (χ0v) is 11.7. The van der Waals surface area contributed by atoms with E-state index in [0.717, 1.165) is 3.94 Å². The van der Waals surface area contributed by atoms with Gasteiger partial charge in [-0.15, -0.1) is 3.94 Å². The highest BCUT2D eigenvalue weighted by molar-refractivity contribution is 7.91. The van der Waals surface area contributed by atoms with Crippen LogP contribution in [0.3, 0.4) is 0 Å². The summed E-state index contributed by atoms with van der Waals surface area (Å²) < 4.78 is 28.6. The van der Waals surface area contributed by atoms with Crippen LogP contribution in [0.5, 0.6) is 0 Å². The Morgan fingerprint density at radius 3 is 2.25 bits per heavy atom. The van der Waals surface area contributed by atoms with Gasteiger partial charge in [0.15, 0.2) is 9.84 Å². The van der Waals surface area contributed by atoms with Gasteiger partial charge in [-0.2, -0.15) is 0 Å². The molecule has 0 aromatic heterocycles. The molecule has 0 bridgehead atoms. The molecule has 0 aliphatic rings. The van der Waals surface area contributed by atoms with Crippen molar-refractivity contribution >= 4 is 39.4 Å². The quantitative estimate of drug-likeness (QED) is 0.546. The topological polar surface area (TPSA) is 63.7 Å². The molecule has 0 saturated carbocycles. The maximum atomic E-state index is 11.6. The summed E-state index contributed by atoms with van der Waals surface area (Å²) in [6, 6.07) is 0. The first-order chi connectivity index (χ1) is 7.07. The maximum absolute atomic E-state index is 11.6. The average Bonchev–Trinajstić information content (AvgIpc) is 1.99. The van der Waals surface area contributed by atoms with Gasteiger partial charge in [-0.3, -0.25) is 4.79 Å². The van der Waals surface area contributed by atoms with Crippen LogP contribution in [0, 0.1) is 0 Å². The monoisotopic (exact) mass is 291 g/mol. The number of hydrogen-bond donors (Lipinski definition) is 0. The van der Waals surface area contributed by atoms with Crippen LogP contribution in [0.15, 0.2) is 0 Å². The molecule has 0 aromatic carbocycles. The second-order valence-electron chi connectivity index (χ2n) is 3.98. The first kappa shape index (κ1) is 16.0. The van der Waals surface area contributed by atoms with Crippen molar-refractivity contribution in [3.8, 4) is 0 Å². The third kappa shape index (κ3) is 6.52. The molecule has 16 heavy (non-hydrogen) atoms. The van der Waals surface area contributed by atoms with E-state index in [1.165, 1.54) is 6.92 Å². The number of carbonyl (C=O) groups is 1. The van der Waals surface area contributed by atoms with Gasteiger partial charge in [-0.1, -0.05) is 0 Å². The molecule has 0 atom stereocenters. The van der Waals surface area contributed by atoms with Crippen LogP contribution >= 0.6 is 23.6 Å². The Hall–Kier alpha value is -0.0400. The van der Waals surface area contributed by atoms with Crippen LogP contribution in [0.4, 0.5) is 0 Å². The average molecular weight is 292 g/mol. The molecule has 0 heterocycles. The Morgan fingerprint density at radius 2 is 1.88 bits per heavy atom. The molecule has 0 amide bonds. The van der Waals surface area contributed by atoms with Gasteiger partial charge in [0.1, 0.15) is 6.61 Å². The first-order valence-electron chi connectivity index (χ1n) is 4.52. The van der Waals surface area contributed by atoms with Crippen molar-refractivity contribution in [2.75, 3.05) is 18.1 Å². The molecule has 8 heteroatoms. The zero-order chi connectivity index (χ0) is 13.0. The Labute approximate surface area is 106 Å². The normalized spacial score (nSPS) is 12.9. The van der Waals surface area contributed by atoms with Gasteiger partial charge in [0.25, 0.3) is 0 Å². The third-order valence-corrected chi connectivity index (χ3v) is 4.58. The largest absolute Gasteiger partial charge is 0.465 e. The van der Waals surface area contributed by atoms with E-state index in [9.17, 15) is 13.2 Å². The number of rotatable bonds is 6. The van der Waals surface area contributed by atoms with E-state index >= 15 is 0 Å². The number of hydrogen-bond acceptors (Lipinski definition) is 5. The lowest BCUT2D eigenvalue weighted by molar-refractivity contribution is -0.140. The van der Waals surface area contributed by atoms with Crippen LogP contribution < -0.4 is 0 Å².